The Balaban J connectivity index is 1.34. The smallest absolute Gasteiger partial charge is 0.406 e. The zero-order valence-corrected chi connectivity index (χ0v) is 18.0. The van der Waals surface area contributed by atoms with Crippen molar-refractivity contribution in [3.8, 4) is 11.8 Å². The lowest BCUT2D eigenvalue weighted by atomic mass is 9.74. The third kappa shape index (κ3) is 8.09. The van der Waals surface area contributed by atoms with Crippen molar-refractivity contribution in [2.75, 3.05) is 0 Å². The van der Waals surface area contributed by atoms with Gasteiger partial charge in [0.15, 0.2) is 0 Å². The molecular formula is C26H32F3NO. The molecule has 2 fully saturated rings. The second-order valence-electron chi connectivity index (χ2n) is 9.07. The standard InChI is InChI=1S/C26H32F3NO/c27-26(28,29)31-25-17-15-24(16-18-25)23-13-11-22(12-14-23)10-9-21-7-5-20(6-8-21)4-2-1-3-19-30/h1-4,15-18,20-23H,5-14H2/b3-1+,4-2+. The normalized spacial score (nSPS) is 27.4. The fourth-order valence-corrected chi connectivity index (χ4v) is 5.19. The van der Waals surface area contributed by atoms with Crippen molar-refractivity contribution < 1.29 is 17.9 Å². The maximum Gasteiger partial charge on any atom is 0.573 e. The van der Waals surface area contributed by atoms with Gasteiger partial charge in [-0.05, 0) is 92.7 Å². The minimum Gasteiger partial charge on any atom is -0.406 e. The van der Waals surface area contributed by atoms with Crippen molar-refractivity contribution in [2.24, 2.45) is 17.8 Å². The van der Waals surface area contributed by atoms with Crippen molar-refractivity contribution in [1.82, 2.24) is 0 Å². The Hall–Kier alpha value is -2.22. The van der Waals surface area contributed by atoms with Gasteiger partial charge in [-0.1, -0.05) is 43.2 Å². The molecule has 0 bridgehead atoms. The Labute approximate surface area is 183 Å². The molecule has 0 atom stereocenters. The van der Waals surface area contributed by atoms with E-state index in [1.807, 2.05) is 18.2 Å². The lowest BCUT2D eigenvalue weighted by Crippen LogP contribution is -2.18. The Morgan fingerprint density at radius 3 is 2.00 bits per heavy atom. The van der Waals surface area contributed by atoms with Gasteiger partial charge in [0.25, 0.3) is 0 Å². The summed E-state index contributed by atoms with van der Waals surface area (Å²) in [4.78, 5) is 0. The van der Waals surface area contributed by atoms with Crippen LogP contribution in [0, 0.1) is 29.1 Å². The second kappa shape index (κ2) is 11.4. The van der Waals surface area contributed by atoms with Crippen LogP contribution in [0.15, 0.2) is 48.6 Å². The van der Waals surface area contributed by atoms with E-state index in [-0.39, 0.29) is 5.75 Å². The molecule has 0 aromatic heterocycles. The molecule has 2 aliphatic rings. The Bertz CT molecular complexity index is 759. The van der Waals surface area contributed by atoms with E-state index in [9.17, 15) is 13.2 Å². The quantitative estimate of drug-likeness (QED) is 0.323. The summed E-state index contributed by atoms with van der Waals surface area (Å²) in [5, 5.41) is 8.51. The number of allylic oxidation sites excluding steroid dienone is 4. The molecule has 0 amide bonds. The molecule has 2 aliphatic carbocycles. The third-order valence-corrected chi connectivity index (χ3v) is 6.97. The summed E-state index contributed by atoms with van der Waals surface area (Å²) < 4.78 is 40.9. The topological polar surface area (TPSA) is 33.0 Å². The van der Waals surface area contributed by atoms with Gasteiger partial charge in [-0.2, -0.15) is 5.26 Å². The first-order valence-corrected chi connectivity index (χ1v) is 11.5. The lowest BCUT2D eigenvalue weighted by Gasteiger charge is -2.31. The van der Waals surface area contributed by atoms with Crippen LogP contribution in [0.25, 0.3) is 0 Å². The fourth-order valence-electron chi connectivity index (χ4n) is 5.19. The van der Waals surface area contributed by atoms with Gasteiger partial charge >= 0.3 is 6.36 Å². The third-order valence-electron chi connectivity index (χ3n) is 6.97. The van der Waals surface area contributed by atoms with E-state index < -0.39 is 6.36 Å². The van der Waals surface area contributed by atoms with E-state index in [1.165, 1.54) is 69.6 Å². The molecular weight excluding hydrogens is 399 g/mol. The van der Waals surface area contributed by atoms with E-state index in [1.54, 1.807) is 12.1 Å². The van der Waals surface area contributed by atoms with E-state index in [0.717, 1.165) is 30.2 Å². The van der Waals surface area contributed by atoms with Crippen LogP contribution < -0.4 is 4.74 Å². The Morgan fingerprint density at radius 1 is 0.871 bits per heavy atom. The summed E-state index contributed by atoms with van der Waals surface area (Å²) in [6.45, 7) is 0. The van der Waals surface area contributed by atoms with Crippen LogP contribution in [-0.2, 0) is 0 Å². The summed E-state index contributed by atoms with van der Waals surface area (Å²) in [6, 6.07) is 8.44. The number of rotatable bonds is 7. The zero-order chi connectivity index (χ0) is 22.1. The number of hydrogen-bond donors (Lipinski definition) is 0. The Kier molecular flexibility index (Phi) is 8.63. The highest BCUT2D eigenvalue weighted by Crippen LogP contribution is 2.40. The molecule has 1 aromatic rings. The molecule has 31 heavy (non-hydrogen) atoms. The molecule has 2 nitrogen and oxygen atoms in total. The van der Waals surface area contributed by atoms with Gasteiger partial charge in [-0.25, -0.2) is 0 Å². The van der Waals surface area contributed by atoms with Crippen LogP contribution >= 0.6 is 0 Å². The predicted octanol–water partition coefficient (Wildman–Crippen LogP) is 8.08. The van der Waals surface area contributed by atoms with E-state index in [2.05, 4.69) is 10.8 Å². The van der Waals surface area contributed by atoms with Crippen LogP contribution in [-0.4, -0.2) is 6.36 Å². The molecule has 0 unspecified atom stereocenters. The lowest BCUT2D eigenvalue weighted by molar-refractivity contribution is -0.274. The van der Waals surface area contributed by atoms with Crippen molar-refractivity contribution in [2.45, 2.75) is 76.5 Å². The molecule has 0 saturated heterocycles. The monoisotopic (exact) mass is 431 g/mol. The van der Waals surface area contributed by atoms with Gasteiger partial charge in [-0.3, -0.25) is 0 Å². The van der Waals surface area contributed by atoms with E-state index in [0.29, 0.717) is 11.8 Å². The Morgan fingerprint density at radius 2 is 1.45 bits per heavy atom. The maximum atomic E-state index is 12.3. The molecule has 2 saturated carbocycles. The van der Waals surface area contributed by atoms with Crippen molar-refractivity contribution in [3.05, 3.63) is 54.1 Å². The molecule has 3 rings (SSSR count). The molecule has 168 valence electrons. The maximum absolute atomic E-state index is 12.3. The minimum atomic E-state index is -4.63. The van der Waals surface area contributed by atoms with Gasteiger partial charge in [0.1, 0.15) is 5.75 Å². The molecule has 0 radical (unpaired) electrons. The van der Waals surface area contributed by atoms with Crippen molar-refractivity contribution in [1.29, 1.82) is 5.26 Å². The number of nitriles is 1. The summed E-state index contributed by atoms with van der Waals surface area (Å²) in [6.07, 6.45) is 15.4. The van der Waals surface area contributed by atoms with Crippen LogP contribution in [0.4, 0.5) is 13.2 Å². The van der Waals surface area contributed by atoms with Crippen LogP contribution in [0.2, 0.25) is 0 Å². The van der Waals surface area contributed by atoms with Crippen LogP contribution in [0.1, 0.15) is 75.7 Å². The summed E-state index contributed by atoms with van der Waals surface area (Å²) in [5.74, 6) is 2.60. The average Bonchev–Trinajstić information content (AvgIpc) is 2.76. The first-order chi connectivity index (χ1) is 14.9. The number of hydrogen-bond acceptors (Lipinski definition) is 2. The highest BCUT2D eigenvalue weighted by atomic mass is 19.4. The van der Waals surface area contributed by atoms with Gasteiger partial charge in [-0.15, -0.1) is 13.2 Å². The number of nitrogens with zero attached hydrogens (tertiary/aromatic N) is 1. The van der Waals surface area contributed by atoms with E-state index >= 15 is 0 Å². The molecule has 0 N–H and O–H groups in total. The van der Waals surface area contributed by atoms with Gasteiger partial charge < -0.3 is 4.74 Å². The number of ether oxygens (including phenoxy) is 1. The first-order valence-electron chi connectivity index (χ1n) is 11.5. The van der Waals surface area contributed by atoms with Crippen LogP contribution in [0.3, 0.4) is 0 Å². The molecule has 0 heterocycles. The number of benzene rings is 1. The zero-order valence-electron chi connectivity index (χ0n) is 18.0. The number of halogens is 3. The molecule has 1 aromatic carbocycles. The van der Waals surface area contributed by atoms with E-state index in [4.69, 9.17) is 5.26 Å². The highest BCUT2D eigenvalue weighted by molar-refractivity contribution is 5.29. The molecule has 5 heteroatoms. The largest absolute Gasteiger partial charge is 0.573 e. The van der Waals surface area contributed by atoms with Gasteiger partial charge in [0.2, 0.25) is 0 Å². The SMILES string of the molecule is N#C/C=C/C=C/C1CCC(CCC2CCC(c3ccc(OC(F)(F)F)cc3)CC2)CC1. The second-order valence-corrected chi connectivity index (χ2v) is 9.07. The number of alkyl halides is 3. The summed E-state index contributed by atoms with van der Waals surface area (Å²) in [5.41, 5.74) is 1.13. The van der Waals surface area contributed by atoms with Gasteiger partial charge in [0, 0.05) is 6.08 Å². The summed E-state index contributed by atoms with van der Waals surface area (Å²) >= 11 is 0. The van der Waals surface area contributed by atoms with Crippen LogP contribution in [0.5, 0.6) is 5.75 Å². The average molecular weight is 432 g/mol. The van der Waals surface area contributed by atoms with Gasteiger partial charge in [0.05, 0.1) is 6.07 Å². The first kappa shape index (κ1) is 23.4. The predicted molar refractivity (Wildman–Crippen MR) is 116 cm³/mol. The fraction of sp³-hybridized carbons (Fsp3) is 0.577. The summed E-state index contributed by atoms with van der Waals surface area (Å²) in [7, 11) is 0. The van der Waals surface area contributed by atoms with Crippen molar-refractivity contribution >= 4 is 0 Å². The highest BCUT2D eigenvalue weighted by Gasteiger charge is 2.31. The molecule has 0 spiro atoms. The minimum absolute atomic E-state index is 0.145. The van der Waals surface area contributed by atoms with Crippen molar-refractivity contribution in [3.63, 3.8) is 0 Å². The molecule has 0 aliphatic heterocycles.